The Kier molecular flexibility index (Phi) is 3.60. The third-order valence-electron chi connectivity index (χ3n) is 3.18. The molecule has 0 spiro atoms. The molecule has 0 bridgehead atoms. The summed E-state index contributed by atoms with van der Waals surface area (Å²) < 4.78 is 0. The molecule has 1 aliphatic rings. The average molecular weight is 230 g/mol. The Hall–Kier alpha value is -1.60. The lowest BCUT2D eigenvalue weighted by Gasteiger charge is -2.13. The summed E-state index contributed by atoms with van der Waals surface area (Å²) >= 11 is 0. The van der Waals surface area contributed by atoms with Crippen LogP contribution >= 0.6 is 0 Å². The molecule has 1 aliphatic heterocycles. The highest BCUT2D eigenvalue weighted by atomic mass is 15.0. The Morgan fingerprint density at radius 1 is 1.59 bits per heavy atom. The molecule has 1 unspecified atom stereocenters. The third kappa shape index (κ3) is 2.75. The van der Waals surface area contributed by atoms with Gasteiger partial charge in [-0.3, -0.25) is 0 Å². The summed E-state index contributed by atoms with van der Waals surface area (Å²) in [7, 11) is 0. The first-order valence-electron chi connectivity index (χ1n) is 6.03. The van der Waals surface area contributed by atoms with Crippen molar-refractivity contribution >= 4 is 5.82 Å². The molecule has 1 saturated heterocycles. The zero-order valence-electron chi connectivity index (χ0n) is 10.4. The Morgan fingerprint density at radius 2 is 2.41 bits per heavy atom. The molecule has 0 aromatic carbocycles. The number of rotatable bonds is 3. The number of pyridine rings is 1. The summed E-state index contributed by atoms with van der Waals surface area (Å²) in [6.07, 6.45) is 1.19. The molecule has 4 nitrogen and oxygen atoms in total. The molecular formula is C13H18N4. The van der Waals surface area contributed by atoms with Crippen molar-refractivity contribution in [1.82, 2.24) is 10.3 Å². The standard InChI is InChI=1S/C13H18N4/c1-9-5-10(2)17-13(12(9)6-14)16-8-11-3-4-15-7-11/h5,11,15H,3-4,7-8H2,1-2H3,(H,16,17). The first-order chi connectivity index (χ1) is 8.20. The fourth-order valence-electron chi connectivity index (χ4n) is 2.24. The zero-order chi connectivity index (χ0) is 12.3. The molecule has 0 saturated carbocycles. The van der Waals surface area contributed by atoms with Crippen molar-refractivity contribution in [3.05, 3.63) is 22.9 Å². The van der Waals surface area contributed by atoms with E-state index in [-0.39, 0.29) is 0 Å². The van der Waals surface area contributed by atoms with Crippen LogP contribution in [0.5, 0.6) is 0 Å². The first-order valence-corrected chi connectivity index (χ1v) is 6.03. The van der Waals surface area contributed by atoms with E-state index >= 15 is 0 Å². The van der Waals surface area contributed by atoms with Crippen LogP contribution in [-0.2, 0) is 0 Å². The zero-order valence-corrected chi connectivity index (χ0v) is 10.4. The third-order valence-corrected chi connectivity index (χ3v) is 3.18. The van der Waals surface area contributed by atoms with Crippen molar-refractivity contribution in [3.8, 4) is 6.07 Å². The number of aryl methyl sites for hydroxylation is 2. The molecule has 0 amide bonds. The quantitative estimate of drug-likeness (QED) is 0.828. The molecule has 1 aromatic heterocycles. The van der Waals surface area contributed by atoms with Crippen LogP contribution in [0.1, 0.15) is 23.2 Å². The predicted molar refractivity (Wildman–Crippen MR) is 67.9 cm³/mol. The second kappa shape index (κ2) is 5.15. The molecular weight excluding hydrogens is 212 g/mol. The molecule has 2 N–H and O–H groups in total. The van der Waals surface area contributed by atoms with Crippen molar-refractivity contribution < 1.29 is 0 Å². The molecule has 2 heterocycles. The van der Waals surface area contributed by atoms with Crippen LogP contribution in [0.4, 0.5) is 5.82 Å². The van der Waals surface area contributed by atoms with E-state index in [0.717, 1.165) is 36.7 Å². The lowest BCUT2D eigenvalue weighted by molar-refractivity contribution is 0.614. The van der Waals surface area contributed by atoms with E-state index < -0.39 is 0 Å². The molecule has 1 atom stereocenters. The van der Waals surface area contributed by atoms with Crippen LogP contribution in [0.15, 0.2) is 6.07 Å². The van der Waals surface area contributed by atoms with E-state index in [1.165, 1.54) is 6.42 Å². The number of nitrogens with zero attached hydrogens (tertiary/aromatic N) is 2. The minimum atomic E-state index is 0.643. The minimum absolute atomic E-state index is 0.643. The van der Waals surface area contributed by atoms with Gasteiger partial charge in [-0.05, 0) is 50.9 Å². The van der Waals surface area contributed by atoms with Crippen molar-refractivity contribution in [2.75, 3.05) is 25.0 Å². The molecule has 17 heavy (non-hydrogen) atoms. The van der Waals surface area contributed by atoms with Gasteiger partial charge in [-0.1, -0.05) is 0 Å². The number of aromatic nitrogens is 1. The van der Waals surface area contributed by atoms with Gasteiger partial charge in [0.1, 0.15) is 11.9 Å². The molecule has 90 valence electrons. The summed E-state index contributed by atoms with van der Waals surface area (Å²) in [5.41, 5.74) is 2.61. The number of hydrogen-bond acceptors (Lipinski definition) is 4. The molecule has 1 fully saturated rings. The number of nitrogens with one attached hydrogen (secondary N) is 2. The largest absolute Gasteiger partial charge is 0.369 e. The van der Waals surface area contributed by atoms with E-state index in [2.05, 4.69) is 21.7 Å². The van der Waals surface area contributed by atoms with Gasteiger partial charge < -0.3 is 10.6 Å². The van der Waals surface area contributed by atoms with Crippen molar-refractivity contribution in [2.24, 2.45) is 5.92 Å². The summed E-state index contributed by atoms with van der Waals surface area (Å²) in [6.45, 7) is 6.95. The van der Waals surface area contributed by atoms with Gasteiger partial charge in [0.05, 0.1) is 5.56 Å². The average Bonchev–Trinajstić information content (AvgIpc) is 2.78. The van der Waals surface area contributed by atoms with Gasteiger partial charge in [0, 0.05) is 12.2 Å². The van der Waals surface area contributed by atoms with E-state index in [1.807, 2.05) is 19.9 Å². The Bertz CT molecular complexity index is 441. The number of anilines is 1. The van der Waals surface area contributed by atoms with E-state index in [0.29, 0.717) is 11.5 Å². The van der Waals surface area contributed by atoms with Crippen LogP contribution in [0.2, 0.25) is 0 Å². The highest BCUT2D eigenvalue weighted by Gasteiger charge is 2.15. The van der Waals surface area contributed by atoms with Gasteiger partial charge in [0.2, 0.25) is 0 Å². The molecule has 0 radical (unpaired) electrons. The second-order valence-electron chi connectivity index (χ2n) is 4.66. The second-order valence-corrected chi connectivity index (χ2v) is 4.66. The Balaban J connectivity index is 2.11. The Labute approximate surface area is 102 Å². The maximum absolute atomic E-state index is 9.14. The number of hydrogen-bond donors (Lipinski definition) is 2. The maximum Gasteiger partial charge on any atom is 0.144 e. The van der Waals surface area contributed by atoms with Crippen molar-refractivity contribution in [1.29, 1.82) is 5.26 Å². The normalized spacial score (nSPS) is 19.0. The SMILES string of the molecule is Cc1cc(C)c(C#N)c(NCC2CCNC2)n1. The minimum Gasteiger partial charge on any atom is -0.369 e. The fraction of sp³-hybridized carbons (Fsp3) is 0.538. The predicted octanol–water partition coefficient (Wildman–Crippen LogP) is 1.59. The van der Waals surface area contributed by atoms with Crippen LogP contribution in [0.25, 0.3) is 0 Å². The van der Waals surface area contributed by atoms with E-state index in [9.17, 15) is 0 Å². The molecule has 0 aliphatic carbocycles. The summed E-state index contributed by atoms with van der Waals surface area (Å²) in [5, 5.41) is 15.8. The summed E-state index contributed by atoms with van der Waals surface area (Å²) in [5.74, 6) is 1.38. The van der Waals surface area contributed by atoms with Gasteiger partial charge in [-0.2, -0.15) is 5.26 Å². The van der Waals surface area contributed by atoms with Gasteiger partial charge in [0.15, 0.2) is 0 Å². The highest BCUT2D eigenvalue weighted by molar-refractivity contribution is 5.56. The lowest BCUT2D eigenvalue weighted by atomic mass is 10.1. The van der Waals surface area contributed by atoms with Crippen LogP contribution in [0, 0.1) is 31.1 Å². The van der Waals surface area contributed by atoms with Gasteiger partial charge in [-0.25, -0.2) is 4.98 Å². The Morgan fingerprint density at radius 3 is 3.06 bits per heavy atom. The van der Waals surface area contributed by atoms with Gasteiger partial charge in [-0.15, -0.1) is 0 Å². The first kappa shape index (κ1) is 11.9. The van der Waals surface area contributed by atoms with Gasteiger partial charge in [0.25, 0.3) is 0 Å². The maximum atomic E-state index is 9.14. The molecule has 2 rings (SSSR count). The molecule has 1 aromatic rings. The van der Waals surface area contributed by atoms with Crippen LogP contribution in [-0.4, -0.2) is 24.6 Å². The van der Waals surface area contributed by atoms with Crippen molar-refractivity contribution in [2.45, 2.75) is 20.3 Å². The van der Waals surface area contributed by atoms with Gasteiger partial charge >= 0.3 is 0 Å². The topological polar surface area (TPSA) is 60.7 Å². The van der Waals surface area contributed by atoms with E-state index in [1.54, 1.807) is 0 Å². The van der Waals surface area contributed by atoms with Crippen LogP contribution < -0.4 is 10.6 Å². The monoisotopic (exact) mass is 230 g/mol. The number of nitriles is 1. The highest BCUT2D eigenvalue weighted by Crippen LogP contribution is 2.18. The summed E-state index contributed by atoms with van der Waals surface area (Å²) in [4.78, 5) is 4.41. The van der Waals surface area contributed by atoms with Crippen molar-refractivity contribution in [3.63, 3.8) is 0 Å². The smallest absolute Gasteiger partial charge is 0.144 e. The fourth-order valence-corrected chi connectivity index (χ4v) is 2.24. The van der Waals surface area contributed by atoms with Crippen LogP contribution in [0.3, 0.4) is 0 Å². The molecule has 4 heteroatoms. The summed E-state index contributed by atoms with van der Waals surface area (Å²) in [6, 6.07) is 4.17. The van der Waals surface area contributed by atoms with E-state index in [4.69, 9.17) is 5.26 Å². The lowest BCUT2D eigenvalue weighted by Crippen LogP contribution is -2.18.